The zero-order valence-electron chi connectivity index (χ0n) is 15.6. The SMILES string of the molecule is COC(=O)c1ccc(Cc2ccc(C(C)(F)F)cc2)c(-c2ccnc(N)c2)c1. The Balaban J connectivity index is 2.01. The number of rotatable bonds is 5. The number of esters is 1. The van der Waals surface area contributed by atoms with Gasteiger partial charge in [-0.2, -0.15) is 0 Å². The standard InChI is InChI=1S/C22H20F2N2O2/c1-22(23,24)18-7-3-14(4-8-18)11-15-5-6-17(21(27)28-2)12-19(15)16-9-10-26-20(25)13-16/h3-10,12-13H,11H2,1-2H3,(H2,25,26). The summed E-state index contributed by atoms with van der Waals surface area (Å²) >= 11 is 0. The number of halogens is 2. The van der Waals surface area contributed by atoms with Crippen LogP contribution in [-0.2, 0) is 17.1 Å². The van der Waals surface area contributed by atoms with Gasteiger partial charge in [-0.25, -0.2) is 18.6 Å². The number of alkyl halides is 2. The molecule has 28 heavy (non-hydrogen) atoms. The van der Waals surface area contributed by atoms with Gasteiger partial charge in [-0.15, -0.1) is 0 Å². The van der Waals surface area contributed by atoms with E-state index in [0.29, 0.717) is 17.8 Å². The van der Waals surface area contributed by atoms with E-state index < -0.39 is 11.9 Å². The van der Waals surface area contributed by atoms with Gasteiger partial charge in [-0.1, -0.05) is 30.3 Å². The minimum atomic E-state index is -2.87. The van der Waals surface area contributed by atoms with Gasteiger partial charge in [0, 0.05) is 18.7 Å². The summed E-state index contributed by atoms with van der Waals surface area (Å²) in [5.74, 6) is -2.95. The molecular formula is C22H20F2N2O2. The largest absolute Gasteiger partial charge is 0.465 e. The van der Waals surface area contributed by atoms with E-state index in [1.165, 1.54) is 19.2 Å². The van der Waals surface area contributed by atoms with Crippen LogP contribution in [0.1, 0.15) is 34.0 Å². The lowest BCUT2D eigenvalue weighted by molar-refractivity contribution is 0.0174. The van der Waals surface area contributed by atoms with E-state index in [-0.39, 0.29) is 5.56 Å². The second-order valence-corrected chi connectivity index (χ2v) is 6.59. The number of ether oxygens (including phenoxy) is 1. The highest BCUT2D eigenvalue weighted by atomic mass is 19.3. The lowest BCUT2D eigenvalue weighted by atomic mass is 9.93. The first kappa shape index (κ1) is 19.5. The molecule has 0 radical (unpaired) electrons. The molecule has 0 amide bonds. The van der Waals surface area contributed by atoms with E-state index in [4.69, 9.17) is 10.5 Å². The van der Waals surface area contributed by atoms with Crippen LogP contribution >= 0.6 is 0 Å². The topological polar surface area (TPSA) is 65.2 Å². The third-order valence-electron chi connectivity index (χ3n) is 4.48. The Bertz CT molecular complexity index is 996. The zero-order chi connectivity index (χ0) is 20.3. The summed E-state index contributed by atoms with van der Waals surface area (Å²) in [7, 11) is 1.32. The van der Waals surface area contributed by atoms with Crippen molar-refractivity contribution >= 4 is 11.8 Å². The van der Waals surface area contributed by atoms with Gasteiger partial charge >= 0.3 is 5.97 Å². The quantitative estimate of drug-likeness (QED) is 0.643. The van der Waals surface area contributed by atoms with Crippen molar-refractivity contribution in [2.45, 2.75) is 19.3 Å². The third kappa shape index (κ3) is 4.34. The van der Waals surface area contributed by atoms with Crippen molar-refractivity contribution in [3.8, 4) is 11.1 Å². The van der Waals surface area contributed by atoms with Crippen LogP contribution in [0.4, 0.5) is 14.6 Å². The highest BCUT2D eigenvalue weighted by Crippen LogP contribution is 2.30. The number of anilines is 1. The summed E-state index contributed by atoms with van der Waals surface area (Å²) in [5, 5.41) is 0. The molecule has 0 bridgehead atoms. The smallest absolute Gasteiger partial charge is 0.337 e. The van der Waals surface area contributed by atoms with E-state index >= 15 is 0 Å². The van der Waals surface area contributed by atoms with E-state index in [1.54, 1.807) is 42.6 Å². The highest BCUT2D eigenvalue weighted by Gasteiger charge is 2.23. The molecule has 0 saturated carbocycles. The summed E-state index contributed by atoms with van der Waals surface area (Å²) < 4.78 is 31.7. The molecule has 0 spiro atoms. The van der Waals surface area contributed by atoms with Crippen LogP contribution in [0.2, 0.25) is 0 Å². The van der Waals surface area contributed by atoms with E-state index in [0.717, 1.165) is 29.2 Å². The molecule has 2 aromatic carbocycles. The molecule has 6 heteroatoms. The monoisotopic (exact) mass is 382 g/mol. The fourth-order valence-corrected chi connectivity index (χ4v) is 3.00. The number of nitrogens with zero attached hydrogens (tertiary/aromatic N) is 1. The van der Waals surface area contributed by atoms with E-state index in [1.807, 2.05) is 6.07 Å². The molecule has 0 fully saturated rings. The zero-order valence-corrected chi connectivity index (χ0v) is 15.6. The molecule has 3 rings (SSSR count). The summed E-state index contributed by atoms with van der Waals surface area (Å²) in [5.41, 5.74) is 9.61. The maximum atomic E-state index is 13.4. The Morgan fingerprint density at radius 3 is 2.43 bits per heavy atom. The number of hydrogen-bond donors (Lipinski definition) is 1. The summed E-state index contributed by atoms with van der Waals surface area (Å²) in [6.07, 6.45) is 2.10. The predicted molar refractivity (Wildman–Crippen MR) is 104 cm³/mol. The second kappa shape index (κ2) is 7.76. The number of carbonyl (C=O) groups excluding carboxylic acids is 1. The number of methoxy groups -OCH3 is 1. The molecule has 0 aliphatic carbocycles. The third-order valence-corrected chi connectivity index (χ3v) is 4.48. The summed E-state index contributed by atoms with van der Waals surface area (Å²) in [6, 6.07) is 15.0. The lowest BCUT2D eigenvalue weighted by Crippen LogP contribution is -2.06. The normalized spacial score (nSPS) is 11.3. The predicted octanol–water partition coefficient (Wildman–Crippen LogP) is 4.82. The van der Waals surface area contributed by atoms with Crippen LogP contribution < -0.4 is 5.73 Å². The van der Waals surface area contributed by atoms with Crippen LogP contribution in [0.5, 0.6) is 0 Å². The van der Waals surface area contributed by atoms with Crippen molar-refractivity contribution in [3.63, 3.8) is 0 Å². The van der Waals surface area contributed by atoms with Gasteiger partial charge in [-0.3, -0.25) is 0 Å². The molecule has 4 nitrogen and oxygen atoms in total. The molecule has 3 aromatic rings. The first-order valence-electron chi connectivity index (χ1n) is 8.68. The molecule has 0 atom stereocenters. The lowest BCUT2D eigenvalue weighted by Gasteiger charge is -2.14. The van der Waals surface area contributed by atoms with Crippen molar-refractivity contribution in [1.82, 2.24) is 4.98 Å². The maximum Gasteiger partial charge on any atom is 0.337 e. The number of benzene rings is 2. The molecule has 0 aliphatic rings. The van der Waals surface area contributed by atoms with E-state index in [9.17, 15) is 13.6 Å². The Labute approximate surface area is 162 Å². The molecule has 2 N–H and O–H groups in total. The average Bonchev–Trinajstić information content (AvgIpc) is 2.67. The van der Waals surface area contributed by atoms with Gasteiger partial charge in [0.1, 0.15) is 5.82 Å². The first-order valence-corrected chi connectivity index (χ1v) is 8.68. The minimum absolute atomic E-state index is 0.0283. The van der Waals surface area contributed by atoms with Crippen molar-refractivity contribution in [3.05, 3.63) is 83.0 Å². The van der Waals surface area contributed by atoms with Gasteiger partial charge < -0.3 is 10.5 Å². The summed E-state index contributed by atoms with van der Waals surface area (Å²) in [4.78, 5) is 15.9. The number of nitrogen functional groups attached to an aromatic ring is 1. The maximum absolute atomic E-state index is 13.4. The Morgan fingerprint density at radius 2 is 1.82 bits per heavy atom. The number of carbonyl (C=O) groups is 1. The Kier molecular flexibility index (Phi) is 5.40. The number of nitrogens with two attached hydrogens (primary N) is 1. The van der Waals surface area contributed by atoms with Crippen LogP contribution in [0, 0.1) is 0 Å². The number of pyridine rings is 1. The van der Waals surface area contributed by atoms with Gasteiger partial charge in [0.25, 0.3) is 5.92 Å². The first-order chi connectivity index (χ1) is 13.3. The van der Waals surface area contributed by atoms with Crippen molar-refractivity contribution in [2.75, 3.05) is 12.8 Å². The fourth-order valence-electron chi connectivity index (χ4n) is 3.00. The van der Waals surface area contributed by atoms with Crippen LogP contribution in [-0.4, -0.2) is 18.1 Å². The van der Waals surface area contributed by atoms with Crippen LogP contribution in [0.3, 0.4) is 0 Å². The van der Waals surface area contributed by atoms with Gasteiger partial charge in [0.2, 0.25) is 0 Å². The van der Waals surface area contributed by atoms with Crippen molar-refractivity contribution in [1.29, 1.82) is 0 Å². The van der Waals surface area contributed by atoms with Crippen molar-refractivity contribution < 1.29 is 18.3 Å². The van der Waals surface area contributed by atoms with Crippen LogP contribution in [0.25, 0.3) is 11.1 Å². The highest BCUT2D eigenvalue weighted by molar-refractivity contribution is 5.91. The van der Waals surface area contributed by atoms with Crippen LogP contribution in [0.15, 0.2) is 60.8 Å². The number of aromatic nitrogens is 1. The summed E-state index contributed by atoms with van der Waals surface area (Å²) in [6.45, 7) is 0.874. The Hall–Kier alpha value is -3.28. The fraction of sp³-hybridized carbons (Fsp3) is 0.182. The molecule has 0 aliphatic heterocycles. The van der Waals surface area contributed by atoms with Gasteiger partial charge in [0.05, 0.1) is 12.7 Å². The minimum Gasteiger partial charge on any atom is -0.465 e. The molecule has 0 saturated heterocycles. The molecule has 144 valence electrons. The molecular weight excluding hydrogens is 362 g/mol. The van der Waals surface area contributed by atoms with Gasteiger partial charge in [0.15, 0.2) is 0 Å². The average molecular weight is 382 g/mol. The molecule has 1 heterocycles. The second-order valence-electron chi connectivity index (χ2n) is 6.59. The van der Waals surface area contributed by atoms with Gasteiger partial charge in [-0.05, 0) is 52.9 Å². The molecule has 0 unspecified atom stereocenters. The van der Waals surface area contributed by atoms with Crippen molar-refractivity contribution in [2.24, 2.45) is 0 Å². The Morgan fingerprint density at radius 1 is 1.11 bits per heavy atom. The van der Waals surface area contributed by atoms with E-state index in [2.05, 4.69) is 4.98 Å². The number of hydrogen-bond acceptors (Lipinski definition) is 4. The molecule has 1 aromatic heterocycles.